The van der Waals surface area contributed by atoms with Crippen LogP contribution in [0.3, 0.4) is 0 Å². The zero-order valence-electron chi connectivity index (χ0n) is 13.2. The van der Waals surface area contributed by atoms with Gasteiger partial charge in [-0.25, -0.2) is 8.78 Å². The molecule has 1 aliphatic rings. The van der Waals surface area contributed by atoms with E-state index in [9.17, 15) is 13.9 Å². The largest absolute Gasteiger partial charge is 0.396 e. The number of benzene rings is 1. The summed E-state index contributed by atoms with van der Waals surface area (Å²) in [7, 11) is 0. The summed E-state index contributed by atoms with van der Waals surface area (Å²) in [6.45, 7) is 1.57. The van der Waals surface area contributed by atoms with Crippen molar-refractivity contribution in [1.29, 1.82) is 0 Å². The molecule has 5 nitrogen and oxygen atoms in total. The molecule has 1 saturated heterocycles. The highest BCUT2D eigenvalue weighted by atomic mass is 19.1. The topological polar surface area (TPSA) is 81.3 Å². The number of aromatic nitrogens is 2. The molecule has 7 heteroatoms. The van der Waals surface area contributed by atoms with Crippen LogP contribution in [-0.2, 0) is 10.3 Å². The van der Waals surface area contributed by atoms with Crippen molar-refractivity contribution in [1.82, 2.24) is 9.97 Å². The third kappa shape index (κ3) is 3.02. The maximum absolute atomic E-state index is 14.2. The van der Waals surface area contributed by atoms with Gasteiger partial charge in [-0.3, -0.25) is 9.97 Å². The summed E-state index contributed by atoms with van der Waals surface area (Å²) in [5.41, 5.74) is 6.69. The van der Waals surface area contributed by atoms with Crippen LogP contribution in [0, 0.1) is 24.5 Å². The molecule has 0 amide bonds. The van der Waals surface area contributed by atoms with E-state index >= 15 is 0 Å². The number of halogens is 2. The smallest absolute Gasteiger partial charge is 0.131 e. The summed E-state index contributed by atoms with van der Waals surface area (Å²) >= 11 is 0. The van der Waals surface area contributed by atoms with E-state index in [0.29, 0.717) is 12.1 Å². The second kappa shape index (κ2) is 6.51. The van der Waals surface area contributed by atoms with Gasteiger partial charge >= 0.3 is 0 Å². The molecule has 0 aliphatic carbocycles. The third-order valence-corrected chi connectivity index (χ3v) is 4.53. The van der Waals surface area contributed by atoms with Gasteiger partial charge in [0.1, 0.15) is 17.7 Å². The minimum absolute atomic E-state index is 0.0129. The quantitative estimate of drug-likeness (QED) is 0.896. The second-order valence-electron chi connectivity index (χ2n) is 6.16. The van der Waals surface area contributed by atoms with Crippen molar-refractivity contribution in [2.24, 2.45) is 11.7 Å². The van der Waals surface area contributed by atoms with Crippen LogP contribution in [-0.4, -0.2) is 28.3 Å². The Morgan fingerprint density at radius 2 is 2.12 bits per heavy atom. The molecule has 0 spiro atoms. The Kier molecular flexibility index (Phi) is 4.58. The van der Waals surface area contributed by atoms with Crippen LogP contribution in [0.1, 0.15) is 29.5 Å². The lowest BCUT2D eigenvalue weighted by molar-refractivity contribution is -0.0797. The molecule has 1 fully saturated rings. The number of hydrogen-bond acceptors (Lipinski definition) is 5. The molecule has 2 heterocycles. The monoisotopic (exact) mass is 335 g/mol. The van der Waals surface area contributed by atoms with Gasteiger partial charge in [-0.2, -0.15) is 0 Å². The molecule has 0 bridgehead atoms. The molecule has 3 rings (SSSR count). The van der Waals surface area contributed by atoms with Crippen molar-refractivity contribution >= 4 is 0 Å². The average Bonchev–Trinajstić information content (AvgIpc) is 2.56. The first-order valence-electron chi connectivity index (χ1n) is 7.69. The summed E-state index contributed by atoms with van der Waals surface area (Å²) in [5, 5.41) is 9.77. The maximum atomic E-state index is 14.2. The fourth-order valence-corrected chi connectivity index (χ4v) is 3.07. The number of rotatable bonds is 3. The summed E-state index contributed by atoms with van der Waals surface area (Å²) in [6, 6.07) is 3.25. The van der Waals surface area contributed by atoms with E-state index in [1.807, 2.05) is 6.92 Å². The van der Waals surface area contributed by atoms with Crippen molar-refractivity contribution in [3.8, 4) is 0 Å². The van der Waals surface area contributed by atoms with Crippen LogP contribution in [0.4, 0.5) is 8.78 Å². The Morgan fingerprint density at radius 1 is 1.33 bits per heavy atom. The lowest BCUT2D eigenvalue weighted by Crippen LogP contribution is -2.53. The zero-order valence-corrected chi connectivity index (χ0v) is 13.2. The van der Waals surface area contributed by atoms with Crippen LogP contribution in [0.2, 0.25) is 0 Å². The lowest BCUT2D eigenvalue weighted by atomic mass is 9.74. The molecule has 3 N–H and O–H groups in total. The molecule has 2 aromatic rings. The fraction of sp³-hybridized carbons (Fsp3) is 0.412. The molecule has 128 valence electrons. The minimum Gasteiger partial charge on any atom is -0.396 e. The van der Waals surface area contributed by atoms with Crippen LogP contribution >= 0.6 is 0 Å². The average molecular weight is 335 g/mol. The summed E-state index contributed by atoms with van der Waals surface area (Å²) in [4.78, 5) is 8.47. The standard InChI is InChI=1S/C17H19F2N3O2/c1-10-6-22-15(7-21-10)16-4-11(8-23)17(20,9-24-16)13-3-2-12(18)5-14(13)19/h2-3,5-7,11,16,23H,4,8-9,20H2,1H3. The van der Waals surface area contributed by atoms with Gasteiger partial charge in [0.15, 0.2) is 0 Å². The highest BCUT2D eigenvalue weighted by Crippen LogP contribution is 2.41. The lowest BCUT2D eigenvalue weighted by Gasteiger charge is -2.43. The van der Waals surface area contributed by atoms with E-state index in [-0.39, 0.29) is 24.9 Å². The SMILES string of the molecule is Cc1cnc(C2CC(CO)C(N)(c3ccc(F)cc3F)CO2)cn1. The Morgan fingerprint density at radius 3 is 2.75 bits per heavy atom. The molecular weight excluding hydrogens is 316 g/mol. The molecule has 0 radical (unpaired) electrons. The van der Waals surface area contributed by atoms with Crippen molar-refractivity contribution in [3.63, 3.8) is 0 Å². The van der Waals surface area contributed by atoms with Gasteiger partial charge in [0.25, 0.3) is 0 Å². The minimum atomic E-state index is -1.23. The van der Waals surface area contributed by atoms with Gasteiger partial charge in [-0.1, -0.05) is 6.07 Å². The van der Waals surface area contributed by atoms with Crippen LogP contribution in [0.15, 0.2) is 30.6 Å². The first-order valence-corrected chi connectivity index (χ1v) is 7.69. The van der Waals surface area contributed by atoms with Gasteiger partial charge in [0.2, 0.25) is 0 Å². The normalized spacial score (nSPS) is 27.2. The Bertz CT molecular complexity index is 726. The van der Waals surface area contributed by atoms with Gasteiger partial charge in [0.05, 0.1) is 29.7 Å². The number of nitrogens with zero attached hydrogens (tertiary/aromatic N) is 2. The predicted molar refractivity (Wildman–Crippen MR) is 82.9 cm³/mol. The number of aliphatic hydroxyl groups is 1. The third-order valence-electron chi connectivity index (χ3n) is 4.53. The summed E-state index contributed by atoms with van der Waals surface area (Å²) in [5.74, 6) is -1.88. The zero-order chi connectivity index (χ0) is 17.3. The summed E-state index contributed by atoms with van der Waals surface area (Å²) < 4.78 is 33.1. The first-order chi connectivity index (χ1) is 11.4. The molecule has 1 aliphatic heterocycles. The number of aliphatic hydroxyl groups excluding tert-OH is 1. The fourth-order valence-electron chi connectivity index (χ4n) is 3.07. The van der Waals surface area contributed by atoms with E-state index in [0.717, 1.165) is 17.8 Å². The number of hydrogen-bond donors (Lipinski definition) is 2. The predicted octanol–water partition coefficient (Wildman–Crippen LogP) is 1.99. The maximum Gasteiger partial charge on any atom is 0.131 e. The van der Waals surface area contributed by atoms with Crippen molar-refractivity contribution < 1.29 is 18.6 Å². The van der Waals surface area contributed by atoms with Gasteiger partial charge in [-0.05, 0) is 19.4 Å². The molecule has 24 heavy (non-hydrogen) atoms. The van der Waals surface area contributed by atoms with E-state index in [1.165, 1.54) is 6.07 Å². The molecule has 1 aromatic carbocycles. The van der Waals surface area contributed by atoms with E-state index in [1.54, 1.807) is 12.4 Å². The molecule has 3 unspecified atom stereocenters. The van der Waals surface area contributed by atoms with Crippen molar-refractivity contribution in [3.05, 3.63) is 59.2 Å². The van der Waals surface area contributed by atoms with Crippen LogP contribution < -0.4 is 5.73 Å². The summed E-state index contributed by atoms with van der Waals surface area (Å²) in [6.07, 6.45) is 3.24. The Balaban J connectivity index is 1.88. The van der Waals surface area contributed by atoms with Gasteiger partial charge in [-0.15, -0.1) is 0 Å². The van der Waals surface area contributed by atoms with Crippen molar-refractivity contribution in [2.75, 3.05) is 13.2 Å². The Labute approximate surface area is 138 Å². The van der Waals surface area contributed by atoms with Gasteiger partial charge in [0, 0.05) is 30.4 Å². The molecule has 1 aromatic heterocycles. The van der Waals surface area contributed by atoms with Gasteiger partial charge < -0.3 is 15.6 Å². The highest BCUT2D eigenvalue weighted by molar-refractivity contribution is 5.29. The number of ether oxygens (including phenoxy) is 1. The second-order valence-corrected chi connectivity index (χ2v) is 6.16. The first kappa shape index (κ1) is 16.9. The highest BCUT2D eigenvalue weighted by Gasteiger charge is 2.44. The molecule has 0 saturated carbocycles. The molecule has 3 atom stereocenters. The van der Waals surface area contributed by atoms with E-state index in [2.05, 4.69) is 9.97 Å². The van der Waals surface area contributed by atoms with Crippen molar-refractivity contribution in [2.45, 2.75) is 25.0 Å². The number of aryl methyl sites for hydroxylation is 1. The van der Waals surface area contributed by atoms with E-state index < -0.39 is 23.1 Å². The van der Waals surface area contributed by atoms with E-state index in [4.69, 9.17) is 10.5 Å². The Hall–Kier alpha value is -1.96. The van der Waals surface area contributed by atoms with Crippen LogP contribution in [0.25, 0.3) is 0 Å². The molecular formula is C17H19F2N3O2. The van der Waals surface area contributed by atoms with Crippen LogP contribution in [0.5, 0.6) is 0 Å². The number of nitrogens with two attached hydrogens (primary N) is 1.